The predicted molar refractivity (Wildman–Crippen MR) is 77.8 cm³/mol. The van der Waals surface area contributed by atoms with Gasteiger partial charge in [-0.1, -0.05) is 36.9 Å². The van der Waals surface area contributed by atoms with E-state index in [0.29, 0.717) is 0 Å². The van der Waals surface area contributed by atoms with Gasteiger partial charge in [-0.15, -0.1) is 0 Å². The fourth-order valence-electron chi connectivity index (χ4n) is 2.05. The van der Waals surface area contributed by atoms with E-state index in [-0.39, 0.29) is 0 Å². The number of guanidine groups is 1. The summed E-state index contributed by atoms with van der Waals surface area (Å²) in [5, 5.41) is 3.40. The number of aliphatic imine (C=N–C) groups is 1. The molecule has 0 unspecified atom stereocenters. The van der Waals surface area contributed by atoms with Gasteiger partial charge in [-0.2, -0.15) is 0 Å². The molecule has 0 fully saturated rings. The first-order chi connectivity index (χ1) is 8.79. The SMILES string of the molecule is C=Cc1ccc(CCNC2=NCCCN2C)cc1. The maximum absolute atomic E-state index is 4.49. The summed E-state index contributed by atoms with van der Waals surface area (Å²) >= 11 is 0. The highest BCUT2D eigenvalue weighted by Gasteiger charge is 2.09. The molecule has 1 aliphatic heterocycles. The van der Waals surface area contributed by atoms with Gasteiger partial charge in [0.15, 0.2) is 5.96 Å². The Bertz CT molecular complexity index is 420. The van der Waals surface area contributed by atoms with Gasteiger partial charge in [-0.05, 0) is 24.0 Å². The second kappa shape index (κ2) is 6.24. The quantitative estimate of drug-likeness (QED) is 0.877. The molecule has 1 aromatic carbocycles. The Kier molecular flexibility index (Phi) is 4.40. The Labute approximate surface area is 109 Å². The molecule has 1 heterocycles. The minimum absolute atomic E-state index is 0.927. The van der Waals surface area contributed by atoms with Crippen molar-refractivity contribution in [3.05, 3.63) is 42.0 Å². The molecule has 18 heavy (non-hydrogen) atoms. The summed E-state index contributed by atoms with van der Waals surface area (Å²) in [6.07, 6.45) is 4.04. The number of rotatable bonds is 4. The van der Waals surface area contributed by atoms with E-state index in [1.165, 1.54) is 11.1 Å². The zero-order chi connectivity index (χ0) is 12.8. The van der Waals surface area contributed by atoms with Crippen molar-refractivity contribution in [3.63, 3.8) is 0 Å². The fourth-order valence-corrected chi connectivity index (χ4v) is 2.05. The van der Waals surface area contributed by atoms with Gasteiger partial charge in [-0.25, -0.2) is 0 Å². The van der Waals surface area contributed by atoms with Gasteiger partial charge in [0.1, 0.15) is 0 Å². The number of hydrogen-bond acceptors (Lipinski definition) is 3. The van der Waals surface area contributed by atoms with Gasteiger partial charge < -0.3 is 10.2 Å². The lowest BCUT2D eigenvalue weighted by Gasteiger charge is -2.25. The summed E-state index contributed by atoms with van der Waals surface area (Å²) in [6.45, 7) is 6.73. The largest absolute Gasteiger partial charge is 0.356 e. The molecule has 0 atom stereocenters. The molecule has 1 aromatic rings. The van der Waals surface area contributed by atoms with Crippen LogP contribution in [0.1, 0.15) is 17.5 Å². The smallest absolute Gasteiger partial charge is 0.193 e. The molecule has 0 aliphatic carbocycles. The third-order valence-corrected chi connectivity index (χ3v) is 3.19. The number of benzene rings is 1. The molecule has 0 radical (unpaired) electrons. The highest BCUT2D eigenvalue weighted by atomic mass is 15.3. The summed E-state index contributed by atoms with van der Waals surface area (Å²) in [7, 11) is 2.09. The Balaban J connectivity index is 1.80. The Hall–Kier alpha value is -1.77. The van der Waals surface area contributed by atoms with Crippen molar-refractivity contribution in [3.8, 4) is 0 Å². The van der Waals surface area contributed by atoms with Gasteiger partial charge in [0, 0.05) is 26.7 Å². The first kappa shape index (κ1) is 12.7. The molecule has 0 spiro atoms. The van der Waals surface area contributed by atoms with E-state index in [9.17, 15) is 0 Å². The zero-order valence-corrected chi connectivity index (χ0v) is 11.0. The molecule has 1 N–H and O–H groups in total. The maximum atomic E-state index is 4.49. The van der Waals surface area contributed by atoms with Gasteiger partial charge >= 0.3 is 0 Å². The Morgan fingerprint density at radius 2 is 2.17 bits per heavy atom. The summed E-state index contributed by atoms with van der Waals surface area (Å²) in [6, 6.07) is 8.52. The lowest BCUT2D eigenvalue weighted by atomic mass is 10.1. The Morgan fingerprint density at radius 3 is 2.83 bits per heavy atom. The van der Waals surface area contributed by atoms with Crippen LogP contribution in [0.4, 0.5) is 0 Å². The molecule has 0 amide bonds. The van der Waals surface area contributed by atoms with Crippen LogP contribution in [0.3, 0.4) is 0 Å². The van der Waals surface area contributed by atoms with Crippen LogP contribution in [0, 0.1) is 0 Å². The van der Waals surface area contributed by atoms with E-state index in [1.54, 1.807) is 0 Å². The first-order valence-corrected chi connectivity index (χ1v) is 6.50. The van der Waals surface area contributed by atoms with E-state index in [2.05, 4.69) is 53.1 Å². The van der Waals surface area contributed by atoms with Crippen molar-refractivity contribution in [2.75, 3.05) is 26.7 Å². The van der Waals surface area contributed by atoms with E-state index in [0.717, 1.165) is 38.4 Å². The third kappa shape index (κ3) is 3.36. The van der Waals surface area contributed by atoms with Crippen molar-refractivity contribution in [2.24, 2.45) is 4.99 Å². The minimum Gasteiger partial charge on any atom is -0.356 e. The molecule has 0 bridgehead atoms. The molecular weight excluding hydrogens is 222 g/mol. The highest BCUT2D eigenvalue weighted by molar-refractivity contribution is 5.80. The van der Waals surface area contributed by atoms with Crippen LogP contribution < -0.4 is 5.32 Å². The number of hydrogen-bond donors (Lipinski definition) is 1. The van der Waals surface area contributed by atoms with Crippen LogP contribution in [0.2, 0.25) is 0 Å². The van der Waals surface area contributed by atoms with Crippen LogP contribution >= 0.6 is 0 Å². The molecule has 1 aliphatic rings. The standard InChI is InChI=1S/C15H21N3/c1-3-13-5-7-14(8-6-13)9-11-17-15-16-10-4-12-18(15)2/h3,5-8H,1,4,9-12H2,2H3,(H,16,17). The van der Waals surface area contributed by atoms with E-state index in [1.807, 2.05) is 6.08 Å². The molecule has 96 valence electrons. The summed E-state index contributed by atoms with van der Waals surface area (Å²) < 4.78 is 0. The zero-order valence-electron chi connectivity index (χ0n) is 11.0. The summed E-state index contributed by atoms with van der Waals surface area (Å²) in [5.74, 6) is 1.03. The highest BCUT2D eigenvalue weighted by Crippen LogP contribution is 2.06. The van der Waals surface area contributed by atoms with Crippen molar-refractivity contribution in [1.82, 2.24) is 10.2 Å². The molecule has 3 heteroatoms. The van der Waals surface area contributed by atoms with Crippen molar-refractivity contribution >= 4 is 12.0 Å². The van der Waals surface area contributed by atoms with Crippen LogP contribution in [-0.4, -0.2) is 37.5 Å². The van der Waals surface area contributed by atoms with Crippen molar-refractivity contribution in [1.29, 1.82) is 0 Å². The van der Waals surface area contributed by atoms with Crippen molar-refractivity contribution in [2.45, 2.75) is 12.8 Å². The predicted octanol–water partition coefficient (Wildman–Crippen LogP) is 2.15. The molecule has 0 saturated carbocycles. The van der Waals surface area contributed by atoms with Gasteiger partial charge in [0.25, 0.3) is 0 Å². The summed E-state index contributed by atoms with van der Waals surface area (Å²) in [5.41, 5.74) is 2.51. The number of nitrogens with zero attached hydrogens (tertiary/aromatic N) is 2. The monoisotopic (exact) mass is 243 g/mol. The number of nitrogens with one attached hydrogen (secondary N) is 1. The molecule has 3 nitrogen and oxygen atoms in total. The van der Waals surface area contributed by atoms with E-state index >= 15 is 0 Å². The van der Waals surface area contributed by atoms with Gasteiger partial charge in [0.05, 0.1) is 0 Å². The molecule has 2 rings (SSSR count). The summed E-state index contributed by atoms with van der Waals surface area (Å²) in [4.78, 5) is 6.67. The van der Waals surface area contributed by atoms with Gasteiger partial charge in [0.2, 0.25) is 0 Å². The lowest BCUT2D eigenvalue weighted by molar-refractivity contribution is 0.447. The second-order valence-corrected chi connectivity index (χ2v) is 4.60. The average molecular weight is 243 g/mol. The third-order valence-electron chi connectivity index (χ3n) is 3.19. The molecule has 0 aromatic heterocycles. The van der Waals surface area contributed by atoms with E-state index in [4.69, 9.17) is 0 Å². The maximum Gasteiger partial charge on any atom is 0.193 e. The van der Waals surface area contributed by atoms with Crippen molar-refractivity contribution < 1.29 is 0 Å². The first-order valence-electron chi connectivity index (χ1n) is 6.50. The lowest BCUT2D eigenvalue weighted by Crippen LogP contribution is -2.42. The minimum atomic E-state index is 0.927. The average Bonchev–Trinajstić information content (AvgIpc) is 2.42. The normalized spacial score (nSPS) is 15.2. The fraction of sp³-hybridized carbons (Fsp3) is 0.400. The Morgan fingerprint density at radius 1 is 1.39 bits per heavy atom. The van der Waals surface area contributed by atoms with Gasteiger partial charge in [-0.3, -0.25) is 4.99 Å². The second-order valence-electron chi connectivity index (χ2n) is 4.60. The van der Waals surface area contributed by atoms with Crippen LogP contribution in [0.5, 0.6) is 0 Å². The van der Waals surface area contributed by atoms with Crippen LogP contribution in [-0.2, 0) is 6.42 Å². The molecular formula is C15H21N3. The van der Waals surface area contributed by atoms with Crippen LogP contribution in [0.25, 0.3) is 6.08 Å². The van der Waals surface area contributed by atoms with Crippen LogP contribution in [0.15, 0.2) is 35.8 Å². The molecule has 0 saturated heterocycles. The topological polar surface area (TPSA) is 27.6 Å². The van der Waals surface area contributed by atoms with E-state index < -0.39 is 0 Å².